The summed E-state index contributed by atoms with van der Waals surface area (Å²) in [7, 11) is 3.51. The summed E-state index contributed by atoms with van der Waals surface area (Å²) in [5, 5.41) is 0. The van der Waals surface area contributed by atoms with Gasteiger partial charge in [-0.25, -0.2) is 0 Å². The van der Waals surface area contributed by atoms with Crippen LogP contribution < -0.4 is 9.47 Å². The fraction of sp³-hybridized carbons (Fsp3) is 0.667. The zero-order chi connectivity index (χ0) is 13.7. The Morgan fingerprint density at radius 2 is 1.50 bits per heavy atom. The maximum atomic E-state index is 5.66. The Balaban J connectivity index is 1.70. The molecule has 1 aromatic rings. The van der Waals surface area contributed by atoms with Gasteiger partial charge in [0.25, 0.3) is 0 Å². The molecule has 0 heterocycles. The number of hydrogen-bond donors (Lipinski definition) is 0. The van der Waals surface area contributed by atoms with Crippen molar-refractivity contribution in [1.29, 1.82) is 0 Å². The molecule has 2 nitrogen and oxygen atoms in total. The Morgan fingerprint density at radius 1 is 0.850 bits per heavy atom. The second-order valence-corrected chi connectivity index (χ2v) is 7.06. The van der Waals surface area contributed by atoms with Crippen LogP contribution in [0.5, 0.6) is 11.5 Å². The molecule has 0 atom stereocenters. The first-order chi connectivity index (χ1) is 9.78. The minimum atomic E-state index is 0.726. The van der Waals surface area contributed by atoms with Crippen LogP contribution in [0.4, 0.5) is 0 Å². The molecule has 108 valence electrons. The standard InChI is InChI=1S/C18H24O2/c1-19-15-3-4-16(17(10-15)20-2)18-13-6-11-5-12(8-13)9-14(18)7-11/h3-4,10-14,18H,5-9H2,1-2H3. The molecule has 4 aliphatic carbocycles. The molecular formula is C18H24O2. The topological polar surface area (TPSA) is 18.5 Å². The van der Waals surface area contributed by atoms with Gasteiger partial charge < -0.3 is 9.47 Å². The summed E-state index contributed by atoms with van der Waals surface area (Å²) in [6, 6.07) is 6.41. The van der Waals surface area contributed by atoms with E-state index in [1.54, 1.807) is 14.2 Å². The average molecular weight is 272 g/mol. The quantitative estimate of drug-likeness (QED) is 0.819. The summed E-state index contributed by atoms with van der Waals surface area (Å²) in [6.07, 6.45) is 7.32. The van der Waals surface area contributed by atoms with Crippen LogP contribution in [0.3, 0.4) is 0 Å². The van der Waals surface area contributed by atoms with Crippen molar-refractivity contribution in [3.63, 3.8) is 0 Å². The Morgan fingerprint density at radius 3 is 2.05 bits per heavy atom. The van der Waals surface area contributed by atoms with Gasteiger partial charge in [-0.3, -0.25) is 0 Å². The molecule has 0 saturated heterocycles. The summed E-state index contributed by atoms with van der Waals surface area (Å²) in [5.74, 6) is 6.50. The molecule has 4 saturated carbocycles. The molecule has 0 aliphatic heterocycles. The van der Waals surface area contributed by atoms with E-state index in [0.717, 1.165) is 41.1 Å². The molecule has 4 fully saturated rings. The van der Waals surface area contributed by atoms with Gasteiger partial charge in [0.05, 0.1) is 14.2 Å². The van der Waals surface area contributed by atoms with Gasteiger partial charge in [0.2, 0.25) is 0 Å². The molecule has 20 heavy (non-hydrogen) atoms. The second kappa shape index (κ2) is 4.68. The smallest absolute Gasteiger partial charge is 0.126 e. The predicted octanol–water partition coefficient (Wildman–Crippen LogP) is 4.24. The van der Waals surface area contributed by atoms with Crippen LogP contribution in [0, 0.1) is 23.7 Å². The minimum absolute atomic E-state index is 0.726. The van der Waals surface area contributed by atoms with Gasteiger partial charge in [-0.05, 0) is 73.3 Å². The first-order valence-corrected chi connectivity index (χ1v) is 8.00. The highest BCUT2D eigenvalue weighted by atomic mass is 16.5. The summed E-state index contributed by atoms with van der Waals surface area (Å²) < 4.78 is 11.0. The van der Waals surface area contributed by atoms with Crippen molar-refractivity contribution >= 4 is 0 Å². The Hall–Kier alpha value is -1.18. The van der Waals surface area contributed by atoms with Crippen molar-refractivity contribution < 1.29 is 9.47 Å². The predicted molar refractivity (Wildman–Crippen MR) is 79.3 cm³/mol. The van der Waals surface area contributed by atoms with E-state index in [1.807, 2.05) is 0 Å². The lowest BCUT2D eigenvalue weighted by atomic mass is 9.50. The molecule has 0 unspecified atom stereocenters. The summed E-state index contributed by atoms with van der Waals surface area (Å²) >= 11 is 0. The molecular weight excluding hydrogens is 248 g/mol. The van der Waals surface area contributed by atoms with E-state index in [0.29, 0.717) is 0 Å². The van der Waals surface area contributed by atoms with Gasteiger partial charge in [-0.15, -0.1) is 0 Å². The maximum absolute atomic E-state index is 5.66. The van der Waals surface area contributed by atoms with Crippen molar-refractivity contribution in [2.45, 2.75) is 38.0 Å². The normalized spacial score (nSPS) is 38.0. The molecule has 1 aromatic carbocycles. The lowest BCUT2D eigenvalue weighted by molar-refractivity contribution is -0.00349. The number of benzene rings is 1. The lowest BCUT2D eigenvalue weighted by Crippen LogP contribution is -2.43. The summed E-state index contributed by atoms with van der Waals surface area (Å²) in [5.41, 5.74) is 1.43. The van der Waals surface area contributed by atoms with Gasteiger partial charge >= 0.3 is 0 Å². The number of hydrogen-bond acceptors (Lipinski definition) is 2. The average Bonchev–Trinajstić information content (AvgIpc) is 2.46. The van der Waals surface area contributed by atoms with Gasteiger partial charge in [0.15, 0.2) is 0 Å². The number of rotatable bonds is 3. The van der Waals surface area contributed by atoms with E-state index >= 15 is 0 Å². The van der Waals surface area contributed by atoms with E-state index in [-0.39, 0.29) is 0 Å². The second-order valence-electron chi connectivity index (χ2n) is 7.06. The van der Waals surface area contributed by atoms with Gasteiger partial charge in [0, 0.05) is 6.07 Å². The molecule has 4 bridgehead atoms. The van der Waals surface area contributed by atoms with Crippen molar-refractivity contribution in [1.82, 2.24) is 0 Å². The summed E-state index contributed by atoms with van der Waals surface area (Å²) in [4.78, 5) is 0. The van der Waals surface area contributed by atoms with E-state index < -0.39 is 0 Å². The van der Waals surface area contributed by atoms with Gasteiger partial charge in [0.1, 0.15) is 11.5 Å². The zero-order valence-electron chi connectivity index (χ0n) is 12.5. The third kappa shape index (κ3) is 1.84. The molecule has 0 spiro atoms. The highest BCUT2D eigenvalue weighted by molar-refractivity contribution is 5.44. The Kier molecular flexibility index (Phi) is 2.94. The van der Waals surface area contributed by atoms with Crippen LogP contribution in [0.1, 0.15) is 43.6 Å². The SMILES string of the molecule is COc1ccc(C2C3CC4CC(C3)CC2C4)c(OC)c1. The van der Waals surface area contributed by atoms with Crippen molar-refractivity contribution in [3.8, 4) is 11.5 Å². The fourth-order valence-corrected chi connectivity index (χ4v) is 5.53. The van der Waals surface area contributed by atoms with Crippen molar-refractivity contribution in [2.24, 2.45) is 23.7 Å². The number of ether oxygens (including phenoxy) is 2. The first kappa shape index (κ1) is 12.6. The third-order valence-electron chi connectivity index (χ3n) is 6.03. The van der Waals surface area contributed by atoms with Gasteiger partial charge in [-0.2, -0.15) is 0 Å². The molecule has 2 heteroatoms. The van der Waals surface area contributed by atoms with Crippen molar-refractivity contribution in [3.05, 3.63) is 23.8 Å². The Labute approximate surface area is 121 Å². The fourth-order valence-electron chi connectivity index (χ4n) is 5.53. The molecule has 5 rings (SSSR count). The molecule has 4 aliphatic rings. The van der Waals surface area contributed by atoms with Crippen molar-refractivity contribution in [2.75, 3.05) is 14.2 Å². The van der Waals surface area contributed by atoms with E-state index in [4.69, 9.17) is 9.47 Å². The molecule has 0 radical (unpaired) electrons. The van der Waals surface area contributed by atoms with Crippen LogP contribution in [0.15, 0.2) is 18.2 Å². The highest BCUT2D eigenvalue weighted by Gasteiger charge is 2.49. The van der Waals surface area contributed by atoms with Crippen LogP contribution >= 0.6 is 0 Å². The largest absolute Gasteiger partial charge is 0.497 e. The van der Waals surface area contributed by atoms with Crippen LogP contribution in [-0.2, 0) is 0 Å². The van der Waals surface area contributed by atoms with Crippen LogP contribution in [0.2, 0.25) is 0 Å². The molecule has 0 N–H and O–H groups in total. The minimum Gasteiger partial charge on any atom is -0.497 e. The summed E-state index contributed by atoms with van der Waals surface area (Å²) in [6.45, 7) is 0. The van der Waals surface area contributed by atoms with Gasteiger partial charge in [-0.1, -0.05) is 6.07 Å². The number of methoxy groups -OCH3 is 2. The first-order valence-electron chi connectivity index (χ1n) is 8.00. The Bertz CT molecular complexity index is 480. The third-order valence-corrected chi connectivity index (χ3v) is 6.03. The lowest BCUT2D eigenvalue weighted by Gasteiger charge is -2.54. The highest BCUT2D eigenvalue weighted by Crippen LogP contribution is 2.60. The maximum Gasteiger partial charge on any atom is 0.126 e. The van der Waals surface area contributed by atoms with Crippen LogP contribution in [-0.4, -0.2) is 14.2 Å². The van der Waals surface area contributed by atoms with E-state index in [2.05, 4.69) is 18.2 Å². The zero-order valence-corrected chi connectivity index (χ0v) is 12.5. The molecule has 0 aromatic heterocycles. The van der Waals surface area contributed by atoms with Crippen LogP contribution in [0.25, 0.3) is 0 Å². The van der Waals surface area contributed by atoms with E-state index in [9.17, 15) is 0 Å². The molecule has 0 amide bonds. The van der Waals surface area contributed by atoms with E-state index in [1.165, 1.54) is 37.7 Å². The monoisotopic (exact) mass is 272 g/mol.